The number of aliphatic carboxylic acids is 1. The summed E-state index contributed by atoms with van der Waals surface area (Å²) >= 11 is 1.83. The summed E-state index contributed by atoms with van der Waals surface area (Å²) in [5, 5.41) is 15.1. The van der Waals surface area contributed by atoms with E-state index >= 15 is 0 Å². The van der Waals surface area contributed by atoms with Gasteiger partial charge in [-0.1, -0.05) is 25.1 Å². The van der Waals surface area contributed by atoms with Crippen molar-refractivity contribution in [1.29, 1.82) is 0 Å². The second-order valence-electron chi connectivity index (χ2n) is 6.62. The van der Waals surface area contributed by atoms with E-state index in [0.717, 1.165) is 25.0 Å². The van der Waals surface area contributed by atoms with E-state index in [1.807, 2.05) is 35.7 Å². The van der Waals surface area contributed by atoms with Gasteiger partial charge in [0.05, 0.1) is 12.6 Å². The van der Waals surface area contributed by atoms with E-state index in [4.69, 9.17) is 5.11 Å². The molecule has 1 aromatic rings. The van der Waals surface area contributed by atoms with Crippen LogP contribution in [0.1, 0.15) is 37.8 Å². The van der Waals surface area contributed by atoms with Crippen molar-refractivity contribution in [2.75, 3.05) is 18.8 Å². The van der Waals surface area contributed by atoms with Crippen LogP contribution in [0, 0.1) is 0 Å². The van der Waals surface area contributed by atoms with Crippen LogP contribution in [0.3, 0.4) is 0 Å². The molecule has 1 atom stereocenters. The van der Waals surface area contributed by atoms with Crippen LogP contribution in [0.5, 0.6) is 0 Å². The number of hydrogen-bond donors (Lipinski definition) is 3. The van der Waals surface area contributed by atoms with Crippen molar-refractivity contribution in [2.45, 2.75) is 49.2 Å². The van der Waals surface area contributed by atoms with E-state index in [-0.39, 0.29) is 30.7 Å². The maximum absolute atomic E-state index is 12.3. The van der Waals surface area contributed by atoms with Gasteiger partial charge in [-0.2, -0.15) is 0 Å². The Morgan fingerprint density at radius 1 is 1.28 bits per heavy atom. The molecule has 1 aliphatic carbocycles. The third-order valence-electron chi connectivity index (χ3n) is 4.97. The Morgan fingerprint density at radius 2 is 2.04 bits per heavy atom. The number of rotatable bonds is 6. The molecule has 6 nitrogen and oxygen atoms in total. The van der Waals surface area contributed by atoms with Gasteiger partial charge in [-0.05, 0) is 37.4 Å². The summed E-state index contributed by atoms with van der Waals surface area (Å²) in [5.41, 5.74) is 1.19. The van der Waals surface area contributed by atoms with Gasteiger partial charge in [-0.3, -0.25) is 9.69 Å². The summed E-state index contributed by atoms with van der Waals surface area (Å²) in [6.45, 7) is 2.75. The molecule has 0 spiro atoms. The van der Waals surface area contributed by atoms with Gasteiger partial charge >= 0.3 is 12.0 Å². The minimum atomic E-state index is -0.801. The Kier molecular flexibility index (Phi) is 5.86. The van der Waals surface area contributed by atoms with Gasteiger partial charge in [0.2, 0.25) is 0 Å². The van der Waals surface area contributed by atoms with Crippen molar-refractivity contribution >= 4 is 23.8 Å². The number of carbonyl (C=O) groups excluding carboxylic acids is 1. The van der Waals surface area contributed by atoms with Crippen LogP contribution < -0.4 is 10.6 Å². The number of carbonyl (C=O) groups is 2. The molecule has 2 aliphatic rings. The Bertz CT molecular complexity index is 634. The van der Waals surface area contributed by atoms with E-state index in [9.17, 15) is 9.59 Å². The SMILES string of the molecule is CCN(CC(=O)O)C1CC(NC(=O)NC2CCSc3ccccc32)C1. The number of likely N-dealkylation sites (N-methyl/N-ethyl adjacent to an activating group) is 1. The topological polar surface area (TPSA) is 81.7 Å². The molecule has 0 bridgehead atoms. The predicted molar refractivity (Wildman–Crippen MR) is 97.9 cm³/mol. The summed E-state index contributed by atoms with van der Waals surface area (Å²) in [5.74, 6) is 0.207. The molecular formula is C18H25N3O3S. The second-order valence-corrected chi connectivity index (χ2v) is 7.76. The van der Waals surface area contributed by atoms with Crippen molar-refractivity contribution < 1.29 is 14.7 Å². The number of nitrogens with zero attached hydrogens (tertiary/aromatic N) is 1. The molecule has 0 saturated heterocycles. The van der Waals surface area contributed by atoms with Crippen LogP contribution in [0.15, 0.2) is 29.2 Å². The smallest absolute Gasteiger partial charge is 0.317 e. The number of hydrogen-bond acceptors (Lipinski definition) is 4. The van der Waals surface area contributed by atoms with E-state index in [1.54, 1.807) is 0 Å². The third-order valence-corrected chi connectivity index (χ3v) is 6.10. The highest BCUT2D eigenvalue weighted by Gasteiger charge is 2.35. The molecule has 1 aromatic carbocycles. The lowest BCUT2D eigenvalue weighted by atomic mass is 9.85. The molecule has 25 heavy (non-hydrogen) atoms. The zero-order valence-electron chi connectivity index (χ0n) is 14.4. The fourth-order valence-electron chi connectivity index (χ4n) is 3.55. The number of carboxylic acids is 1. The van der Waals surface area contributed by atoms with Gasteiger partial charge in [-0.25, -0.2) is 4.79 Å². The van der Waals surface area contributed by atoms with Crippen LogP contribution in [0.4, 0.5) is 4.79 Å². The second kappa shape index (κ2) is 8.10. The Hall–Kier alpha value is -1.73. The monoisotopic (exact) mass is 363 g/mol. The number of carboxylic acid groups (broad SMARTS) is 1. The van der Waals surface area contributed by atoms with Crippen LogP contribution in [0.2, 0.25) is 0 Å². The lowest BCUT2D eigenvalue weighted by Crippen LogP contribution is -2.56. The zero-order chi connectivity index (χ0) is 17.8. The normalized spacial score (nSPS) is 25.0. The fraction of sp³-hybridized carbons (Fsp3) is 0.556. The first kappa shape index (κ1) is 18.1. The highest BCUT2D eigenvalue weighted by molar-refractivity contribution is 7.99. The third kappa shape index (κ3) is 4.46. The standard InChI is InChI=1S/C18H25N3O3S/c1-2-21(11-17(22)23)13-9-12(10-13)19-18(24)20-15-7-8-25-16-6-4-3-5-14(15)16/h3-6,12-13,15H,2,7-11H2,1H3,(H,22,23)(H2,19,20,24). The summed E-state index contributed by atoms with van der Waals surface area (Å²) in [4.78, 5) is 26.4. The number of thioether (sulfide) groups is 1. The van der Waals surface area contributed by atoms with Crippen molar-refractivity contribution in [3.8, 4) is 0 Å². The van der Waals surface area contributed by atoms with E-state index < -0.39 is 5.97 Å². The van der Waals surface area contributed by atoms with Gasteiger partial charge in [0, 0.05) is 22.7 Å². The minimum absolute atomic E-state index is 0.0625. The Morgan fingerprint density at radius 3 is 2.76 bits per heavy atom. The van der Waals surface area contributed by atoms with Gasteiger partial charge in [0.25, 0.3) is 0 Å². The lowest BCUT2D eigenvalue weighted by Gasteiger charge is -2.42. The molecule has 3 N–H and O–H groups in total. The van der Waals surface area contributed by atoms with Gasteiger partial charge < -0.3 is 15.7 Å². The molecule has 1 saturated carbocycles. The van der Waals surface area contributed by atoms with E-state index in [0.29, 0.717) is 6.54 Å². The predicted octanol–water partition coefficient (Wildman–Crippen LogP) is 2.46. The number of amides is 2. The fourth-order valence-corrected chi connectivity index (χ4v) is 4.68. The first-order valence-corrected chi connectivity index (χ1v) is 9.80. The molecule has 1 unspecified atom stereocenters. The highest BCUT2D eigenvalue weighted by atomic mass is 32.2. The molecule has 0 aromatic heterocycles. The van der Waals surface area contributed by atoms with Gasteiger partial charge in [0.1, 0.15) is 0 Å². The van der Waals surface area contributed by atoms with Gasteiger partial charge in [0.15, 0.2) is 0 Å². The van der Waals surface area contributed by atoms with Crippen LogP contribution in [0.25, 0.3) is 0 Å². The summed E-state index contributed by atoms with van der Waals surface area (Å²) in [6, 6.07) is 8.53. The quantitative estimate of drug-likeness (QED) is 0.723. The van der Waals surface area contributed by atoms with Crippen molar-refractivity contribution in [1.82, 2.24) is 15.5 Å². The molecule has 0 radical (unpaired) electrons. The maximum Gasteiger partial charge on any atom is 0.317 e. The molecule has 1 heterocycles. The molecule has 136 valence electrons. The number of urea groups is 1. The first-order valence-electron chi connectivity index (χ1n) is 8.81. The summed E-state index contributed by atoms with van der Waals surface area (Å²) in [7, 11) is 0. The molecule has 7 heteroatoms. The Balaban J connectivity index is 1.46. The van der Waals surface area contributed by atoms with Crippen molar-refractivity contribution in [2.24, 2.45) is 0 Å². The number of benzene rings is 1. The molecular weight excluding hydrogens is 338 g/mol. The average molecular weight is 363 g/mol. The van der Waals surface area contributed by atoms with Gasteiger partial charge in [-0.15, -0.1) is 11.8 Å². The maximum atomic E-state index is 12.3. The van der Waals surface area contributed by atoms with E-state index in [1.165, 1.54) is 10.5 Å². The highest BCUT2D eigenvalue weighted by Crippen LogP contribution is 2.35. The molecule has 1 aliphatic heterocycles. The first-order chi connectivity index (χ1) is 12.1. The summed E-state index contributed by atoms with van der Waals surface area (Å²) < 4.78 is 0. The molecule has 3 rings (SSSR count). The van der Waals surface area contributed by atoms with E-state index in [2.05, 4.69) is 22.8 Å². The average Bonchev–Trinajstić information content (AvgIpc) is 2.56. The minimum Gasteiger partial charge on any atom is -0.480 e. The lowest BCUT2D eigenvalue weighted by molar-refractivity contribution is -0.139. The number of fused-ring (bicyclic) bond motifs is 1. The van der Waals surface area contributed by atoms with Crippen LogP contribution in [-0.4, -0.2) is 52.9 Å². The number of nitrogens with one attached hydrogen (secondary N) is 2. The summed E-state index contributed by atoms with van der Waals surface area (Å²) in [6.07, 6.45) is 2.56. The molecule has 1 fully saturated rings. The van der Waals surface area contributed by atoms with Crippen LogP contribution >= 0.6 is 11.8 Å². The zero-order valence-corrected chi connectivity index (χ0v) is 15.2. The van der Waals surface area contributed by atoms with Crippen LogP contribution in [-0.2, 0) is 4.79 Å². The largest absolute Gasteiger partial charge is 0.480 e. The van der Waals surface area contributed by atoms with Crippen molar-refractivity contribution in [3.63, 3.8) is 0 Å². The molecule has 2 amide bonds. The van der Waals surface area contributed by atoms with Crippen molar-refractivity contribution in [3.05, 3.63) is 29.8 Å². The Labute approximate surface area is 152 Å².